The molecule has 1 heterocycles. The molecule has 0 radical (unpaired) electrons. The number of aryl methyl sites for hydroxylation is 1. The third kappa shape index (κ3) is 6.33. The molecule has 0 atom stereocenters. The zero-order chi connectivity index (χ0) is 24.8. The van der Waals surface area contributed by atoms with Gasteiger partial charge in [-0.1, -0.05) is 67.3 Å². The average Bonchev–Trinajstić information content (AvgIpc) is 3.29. The monoisotopic (exact) mass is 473 g/mol. The number of nitrogens with zero attached hydrogens (tertiary/aromatic N) is 2. The first-order valence-electron chi connectivity index (χ1n) is 13.1. The van der Waals surface area contributed by atoms with E-state index in [1.807, 2.05) is 42.0 Å². The van der Waals surface area contributed by atoms with Gasteiger partial charge in [0.1, 0.15) is 0 Å². The van der Waals surface area contributed by atoms with Crippen LogP contribution in [-0.4, -0.2) is 45.7 Å². The number of para-hydroxylation sites is 1. The smallest absolute Gasteiger partial charge is 0.242 e. The molecule has 1 saturated carbocycles. The maximum atomic E-state index is 13.7. The molecule has 1 aromatic heterocycles. The van der Waals surface area contributed by atoms with Gasteiger partial charge in [0, 0.05) is 42.1 Å². The summed E-state index contributed by atoms with van der Waals surface area (Å²) in [7, 11) is 0. The van der Waals surface area contributed by atoms with E-state index in [9.17, 15) is 9.59 Å². The Morgan fingerprint density at radius 2 is 1.71 bits per heavy atom. The van der Waals surface area contributed by atoms with E-state index in [0.29, 0.717) is 13.1 Å². The number of hydrogen-bond donors (Lipinski definition) is 1. The molecule has 186 valence electrons. The van der Waals surface area contributed by atoms with Crippen LogP contribution in [0.3, 0.4) is 0 Å². The number of amides is 2. The number of carbonyl (C=O) groups excluding carboxylic acids is 2. The molecule has 1 aliphatic carbocycles. The summed E-state index contributed by atoms with van der Waals surface area (Å²) in [6.07, 6.45) is 8.14. The number of benzene rings is 2. The molecule has 0 unspecified atom stereocenters. The standard InChI is InChI=1S/C30H39N3O2/c1-22(2)33(30(35)25-9-5-4-6-10-25)21-29(34)32(20-24-15-13-23(3)14-16-24)18-17-26-19-31-28-12-8-7-11-27(26)28/h7-8,11-16,19,22,25,31H,4-6,9-10,17-18,20-21H2,1-3H3. The molecular weight excluding hydrogens is 434 g/mol. The van der Waals surface area contributed by atoms with Crippen LogP contribution in [0.1, 0.15) is 62.6 Å². The number of fused-ring (bicyclic) bond motifs is 1. The lowest BCUT2D eigenvalue weighted by Crippen LogP contribution is -2.48. The van der Waals surface area contributed by atoms with Gasteiger partial charge in [0.15, 0.2) is 0 Å². The highest BCUT2D eigenvalue weighted by Gasteiger charge is 2.30. The topological polar surface area (TPSA) is 56.4 Å². The lowest BCUT2D eigenvalue weighted by atomic mass is 9.88. The highest BCUT2D eigenvalue weighted by molar-refractivity contribution is 5.86. The van der Waals surface area contributed by atoms with Crippen molar-refractivity contribution in [3.8, 4) is 0 Å². The van der Waals surface area contributed by atoms with Crippen molar-refractivity contribution in [2.75, 3.05) is 13.1 Å². The number of aromatic amines is 1. The highest BCUT2D eigenvalue weighted by atomic mass is 16.2. The maximum Gasteiger partial charge on any atom is 0.242 e. The number of aromatic nitrogens is 1. The second-order valence-electron chi connectivity index (χ2n) is 10.3. The van der Waals surface area contributed by atoms with Crippen molar-refractivity contribution in [1.29, 1.82) is 0 Å². The van der Waals surface area contributed by atoms with Crippen molar-refractivity contribution < 1.29 is 9.59 Å². The van der Waals surface area contributed by atoms with Gasteiger partial charge in [0.25, 0.3) is 0 Å². The normalized spacial score (nSPS) is 14.4. The second-order valence-corrected chi connectivity index (χ2v) is 10.3. The molecular formula is C30H39N3O2. The third-order valence-electron chi connectivity index (χ3n) is 7.34. The van der Waals surface area contributed by atoms with E-state index in [1.54, 1.807) is 0 Å². The first-order chi connectivity index (χ1) is 16.9. The van der Waals surface area contributed by atoms with Crippen molar-refractivity contribution in [2.24, 2.45) is 5.92 Å². The van der Waals surface area contributed by atoms with Crippen LogP contribution >= 0.6 is 0 Å². The van der Waals surface area contributed by atoms with Gasteiger partial charge < -0.3 is 14.8 Å². The summed E-state index contributed by atoms with van der Waals surface area (Å²) in [4.78, 5) is 34.1. The van der Waals surface area contributed by atoms with Crippen molar-refractivity contribution in [3.05, 3.63) is 71.4 Å². The Labute approximate surface area is 209 Å². The Morgan fingerprint density at radius 3 is 2.43 bits per heavy atom. The van der Waals surface area contributed by atoms with Gasteiger partial charge in [-0.3, -0.25) is 9.59 Å². The molecule has 2 amide bonds. The summed E-state index contributed by atoms with van der Waals surface area (Å²) in [5.41, 5.74) is 4.64. The predicted octanol–water partition coefficient (Wildman–Crippen LogP) is 5.86. The van der Waals surface area contributed by atoms with E-state index in [1.165, 1.54) is 22.9 Å². The minimum absolute atomic E-state index is 0.00298. The molecule has 0 bridgehead atoms. The highest BCUT2D eigenvalue weighted by Crippen LogP contribution is 2.26. The zero-order valence-electron chi connectivity index (χ0n) is 21.4. The Kier molecular flexibility index (Phi) is 8.27. The van der Waals surface area contributed by atoms with Gasteiger partial charge in [-0.2, -0.15) is 0 Å². The minimum Gasteiger partial charge on any atom is -0.361 e. The van der Waals surface area contributed by atoms with Crippen LogP contribution in [0.2, 0.25) is 0 Å². The summed E-state index contributed by atoms with van der Waals surface area (Å²) in [6.45, 7) is 7.41. The van der Waals surface area contributed by atoms with Gasteiger partial charge >= 0.3 is 0 Å². The summed E-state index contributed by atoms with van der Waals surface area (Å²) in [5.74, 6) is 0.235. The fraction of sp³-hybridized carbons (Fsp3) is 0.467. The fourth-order valence-corrected chi connectivity index (χ4v) is 5.14. The molecule has 2 aromatic carbocycles. The van der Waals surface area contributed by atoms with Crippen LogP contribution in [0.5, 0.6) is 0 Å². The molecule has 5 heteroatoms. The van der Waals surface area contributed by atoms with Crippen molar-refractivity contribution in [2.45, 2.75) is 71.9 Å². The molecule has 4 rings (SSSR count). The molecule has 0 aliphatic heterocycles. The van der Waals surface area contributed by atoms with E-state index in [4.69, 9.17) is 0 Å². The van der Waals surface area contributed by atoms with E-state index < -0.39 is 0 Å². The summed E-state index contributed by atoms with van der Waals surface area (Å²) < 4.78 is 0. The summed E-state index contributed by atoms with van der Waals surface area (Å²) in [6, 6.07) is 16.6. The van der Waals surface area contributed by atoms with Gasteiger partial charge in [-0.05, 0) is 57.2 Å². The fourth-order valence-electron chi connectivity index (χ4n) is 5.14. The van der Waals surface area contributed by atoms with Crippen molar-refractivity contribution in [1.82, 2.24) is 14.8 Å². The number of H-pyrrole nitrogens is 1. The van der Waals surface area contributed by atoms with Crippen LogP contribution in [0, 0.1) is 12.8 Å². The van der Waals surface area contributed by atoms with Crippen LogP contribution < -0.4 is 0 Å². The van der Waals surface area contributed by atoms with E-state index in [0.717, 1.165) is 43.2 Å². The van der Waals surface area contributed by atoms with Gasteiger partial charge in [0.05, 0.1) is 6.54 Å². The Bertz CT molecular complexity index is 1130. The largest absolute Gasteiger partial charge is 0.361 e. The molecule has 1 fully saturated rings. The van der Waals surface area contributed by atoms with Crippen LogP contribution in [0.15, 0.2) is 54.7 Å². The lowest BCUT2D eigenvalue weighted by Gasteiger charge is -2.33. The molecule has 1 aliphatic rings. The number of carbonyl (C=O) groups is 2. The minimum atomic E-state index is 0.00298. The maximum absolute atomic E-state index is 13.7. The molecule has 0 spiro atoms. The molecule has 0 saturated heterocycles. The lowest BCUT2D eigenvalue weighted by molar-refractivity contribution is -0.145. The molecule has 3 aromatic rings. The molecule has 35 heavy (non-hydrogen) atoms. The average molecular weight is 474 g/mol. The number of rotatable bonds is 9. The second kappa shape index (κ2) is 11.6. The summed E-state index contributed by atoms with van der Waals surface area (Å²) >= 11 is 0. The zero-order valence-corrected chi connectivity index (χ0v) is 21.4. The van der Waals surface area contributed by atoms with E-state index in [2.05, 4.69) is 48.3 Å². The van der Waals surface area contributed by atoms with Crippen LogP contribution in [0.25, 0.3) is 10.9 Å². The molecule has 1 N–H and O–H groups in total. The van der Waals surface area contributed by atoms with Gasteiger partial charge in [-0.25, -0.2) is 0 Å². The molecule has 5 nitrogen and oxygen atoms in total. The number of hydrogen-bond acceptors (Lipinski definition) is 2. The first-order valence-corrected chi connectivity index (χ1v) is 13.1. The summed E-state index contributed by atoms with van der Waals surface area (Å²) in [5, 5.41) is 1.20. The van der Waals surface area contributed by atoms with Crippen molar-refractivity contribution >= 4 is 22.7 Å². The van der Waals surface area contributed by atoms with Crippen molar-refractivity contribution in [3.63, 3.8) is 0 Å². The Hall–Kier alpha value is -3.08. The van der Waals surface area contributed by atoms with Crippen LogP contribution in [0.4, 0.5) is 0 Å². The number of nitrogens with one attached hydrogen (secondary N) is 1. The van der Waals surface area contributed by atoms with E-state index in [-0.39, 0.29) is 30.3 Å². The van der Waals surface area contributed by atoms with Gasteiger partial charge in [-0.15, -0.1) is 0 Å². The third-order valence-corrected chi connectivity index (χ3v) is 7.34. The quantitative estimate of drug-likeness (QED) is 0.423. The van der Waals surface area contributed by atoms with Gasteiger partial charge in [0.2, 0.25) is 11.8 Å². The first kappa shape index (κ1) is 25.0. The van der Waals surface area contributed by atoms with E-state index >= 15 is 0 Å². The Morgan fingerprint density at radius 1 is 1.00 bits per heavy atom. The van der Waals surface area contributed by atoms with Crippen LogP contribution in [-0.2, 0) is 22.6 Å². The predicted molar refractivity (Wildman–Crippen MR) is 142 cm³/mol. The SMILES string of the molecule is Cc1ccc(CN(CCc2c[nH]c3ccccc23)C(=O)CN(C(=O)C2CCCCC2)C(C)C)cc1. The Balaban J connectivity index is 1.50.